The number of aliphatic hydroxyl groups is 2. The van der Waals surface area contributed by atoms with E-state index in [4.69, 9.17) is 10.4 Å². The van der Waals surface area contributed by atoms with Crippen LogP contribution in [0.4, 0.5) is 5.69 Å². The molecular weight excluding hydrogens is 236 g/mol. The Balaban J connectivity index is 3.03. The first-order valence-corrected chi connectivity index (χ1v) is 5.30. The van der Waals surface area contributed by atoms with E-state index < -0.39 is 12.7 Å². The van der Waals surface area contributed by atoms with Gasteiger partial charge in [0.2, 0.25) is 0 Å². The predicted octanol–water partition coefficient (Wildman–Crippen LogP) is 0.232. The van der Waals surface area contributed by atoms with Crippen molar-refractivity contribution in [1.82, 2.24) is 0 Å². The van der Waals surface area contributed by atoms with Crippen LogP contribution in [0, 0.1) is 11.3 Å². The van der Waals surface area contributed by atoms with Crippen LogP contribution in [0.2, 0.25) is 0 Å². The number of Topliss-reactive ketones (excluding diaryl/α,β-unsaturated/α-hetero) is 1. The van der Waals surface area contributed by atoms with E-state index in [1.165, 1.54) is 19.1 Å². The van der Waals surface area contributed by atoms with Crippen molar-refractivity contribution in [3.63, 3.8) is 0 Å². The fourth-order valence-electron chi connectivity index (χ4n) is 1.40. The number of nitrogens with zero attached hydrogens (tertiary/aromatic N) is 1. The monoisotopic (exact) mass is 250 g/mol. The molecule has 1 aromatic carbocycles. The standard InChI is InChI=1S/C12H14N2O4/c1-7(16)10-2-8(4-13)11(3-12(10)18)14-5-9(17)6-15/h2-3,9,14-15,17-18H,5-6H2,1H3. The van der Waals surface area contributed by atoms with Crippen LogP contribution < -0.4 is 5.32 Å². The summed E-state index contributed by atoms with van der Waals surface area (Å²) in [6, 6.07) is 4.42. The quantitative estimate of drug-likeness (QED) is 0.556. The molecule has 0 aromatic heterocycles. The van der Waals surface area contributed by atoms with E-state index in [9.17, 15) is 15.0 Å². The van der Waals surface area contributed by atoms with Crippen LogP contribution in [0.1, 0.15) is 22.8 Å². The molecule has 0 amide bonds. The number of rotatable bonds is 5. The van der Waals surface area contributed by atoms with Gasteiger partial charge in [0, 0.05) is 12.6 Å². The van der Waals surface area contributed by atoms with Crippen molar-refractivity contribution >= 4 is 11.5 Å². The summed E-state index contributed by atoms with van der Waals surface area (Å²) in [7, 11) is 0. The smallest absolute Gasteiger partial charge is 0.163 e. The molecule has 1 atom stereocenters. The van der Waals surface area contributed by atoms with Gasteiger partial charge in [-0.15, -0.1) is 0 Å². The molecule has 0 heterocycles. The molecule has 1 aromatic rings. The lowest BCUT2D eigenvalue weighted by Crippen LogP contribution is -2.23. The molecule has 0 aliphatic heterocycles. The molecule has 1 rings (SSSR count). The molecule has 96 valence electrons. The zero-order chi connectivity index (χ0) is 13.7. The second-order valence-corrected chi connectivity index (χ2v) is 3.80. The normalized spacial score (nSPS) is 11.7. The van der Waals surface area contributed by atoms with Crippen LogP contribution in [0.5, 0.6) is 5.75 Å². The fourth-order valence-corrected chi connectivity index (χ4v) is 1.40. The zero-order valence-corrected chi connectivity index (χ0v) is 9.84. The number of carbonyl (C=O) groups is 1. The van der Waals surface area contributed by atoms with Crippen LogP contribution in [0.3, 0.4) is 0 Å². The number of anilines is 1. The minimum absolute atomic E-state index is 0.0318. The Hall–Kier alpha value is -2.10. The van der Waals surface area contributed by atoms with Gasteiger partial charge in [0.1, 0.15) is 11.8 Å². The lowest BCUT2D eigenvalue weighted by Gasteiger charge is -2.13. The summed E-state index contributed by atoms with van der Waals surface area (Å²) < 4.78 is 0. The maximum Gasteiger partial charge on any atom is 0.163 e. The van der Waals surface area contributed by atoms with Crippen molar-refractivity contribution in [3.05, 3.63) is 23.3 Å². The third-order valence-corrected chi connectivity index (χ3v) is 2.37. The first-order chi connectivity index (χ1) is 8.49. The molecule has 0 saturated heterocycles. The van der Waals surface area contributed by atoms with Gasteiger partial charge in [-0.1, -0.05) is 0 Å². The minimum Gasteiger partial charge on any atom is -0.507 e. The van der Waals surface area contributed by atoms with Crippen molar-refractivity contribution < 1.29 is 20.1 Å². The maximum atomic E-state index is 11.2. The van der Waals surface area contributed by atoms with Crippen molar-refractivity contribution in [2.45, 2.75) is 13.0 Å². The molecule has 4 N–H and O–H groups in total. The third kappa shape index (κ3) is 3.20. The highest BCUT2D eigenvalue weighted by Crippen LogP contribution is 2.26. The van der Waals surface area contributed by atoms with Crippen LogP contribution in [-0.2, 0) is 0 Å². The molecular formula is C12H14N2O4. The summed E-state index contributed by atoms with van der Waals surface area (Å²) in [5, 5.41) is 39.1. The van der Waals surface area contributed by atoms with E-state index >= 15 is 0 Å². The van der Waals surface area contributed by atoms with Crippen molar-refractivity contribution in [2.75, 3.05) is 18.5 Å². The first kappa shape index (κ1) is 14.0. The van der Waals surface area contributed by atoms with Crippen molar-refractivity contribution in [3.8, 4) is 11.8 Å². The Morgan fingerprint density at radius 3 is 2.72 bits per heavy atom. The number of phenolic OH excluding ortho intramolecular Hbond substituents is 1. The average Bonchev–Trinajstić information content (AvgIpc) is 2.35. The Bertz CT molecular complexity index is 494. The zero-order valence-electron chi connectivity index (χ0n) is 9.84. The molecule has 6 heteroatoms. The number of benzene rings is 1. The van der Waals surface area contributed by atoms with E-state index in [-0.39, 0.29) is 29.2 Å². The summed E-state index contributed by atoms with van der Waals surface area (Å²) in [5.41, 5.74) is 0.551. The number of aliphatic hydroxyl groups excluding tert-OH is 2. The van der Waals surface area contributed by atoms with E-state index in [1.807, 2.05) is 6.07 Å². The summed E-state index contributed by atoms with van der Waals surface area (Å²) in [4.78, 5) is 11.2. The number of hydrogen-bond donors (Lipinski definition) is 4. The summed E-state index contributed by atoms with van der Waals surface area (Å²) in [6.45, 7) is 0.912. The molecule has 0 spiro atoms. The van der Waals surface area contributed by atoms with Gasteiger partial charge in [0.25, 0.3) is 0 Å². The molecule has 1 unspecified atom stereocenters. The largest absolute Gasteiger partial charge is 0.507 e. The van der Waals surface area contributed by atoms with Gasteiger partial charge in [-0.05, 0) is 13.0 Å². The van der Waals surface area contributed by atoms with Crippen LogP contribution in [0.25, 0.3) is 0 Å². The van der Waals surface area contributed by atoms with Crippen molar-refractivity contribution in [2.24, 2.45) is 0 Å². The molecule has 0 bridgehead atoms. The lowest BCUT2D eigenvalue weighted by molar-refractivity contribution is 0.101. The number of phenols is 1. The number of nitrogens with one attached hydrogen (secondary N) is 1. The van der Waals surface area contributed by atoms with Crippen LogP contribution in [-0.4, -0.2) is 40.4 Å². The molecule has 18 heavy (non-hydrogen) atoms. The highest BCUT2D eigenvalue weighted by atomic mass is 16.3. The number of ketones is 1. The Morgan fingerprint density at radius 2 is 2.22 bits per heavy atom. The SMILES string of the molecule is CC(=O)c1cc(C#N)c(NCC(O)CO)cc1O. The second-order valence-electron chi connectivity index (χ2n) is 3.80. The summed E-state index contributed by atoms with van der Waals surface area (Å²) in [6.07, 6.45) is -0.967. The van der Waals surface area contributed by atoms with Gasteiger partial charge in [0.15, 0.2) is 5.78 Å². The molecule has 0 fully saturated rings. The Labute approximate surface area is 104 Å². The number of carbonyl (C=O) groups excluding carboxylic acids is 1. The van der Waals surface area contributed by atoms with Gasteiger partial charge >= 0.3 is 0 Å². The Morgan fingerprint density at radius 1 is 1.56 bits per heavy atom. The van der Waals surface area contributed by atoms with E-state index in [2.05, 4.69) is 5.32 Å². The van der Waals surface area contributed by atoms with Crippen LogP contribution >= 0.6 is 0 Å². The average molecular weight is 250 g/mol. The second kappa shape index (κ2) is 6.00. The molecule has 0 aliphatic rings. The Kier molecular flexibility index (Phi) is 4.66. The van der Waals surface area contributed by atoms with Crippen molar-refractivity contribution in [1.29, 1.82) is 5.26 Å². The topological polar surface area (TPSA) is 114 Å². The lowest BCUT2D eigenvalue weighted by atomic mass is 10.1. The summed E-state index contributed by atoms with van der Waals surface area (Å²) >= 11 is 0. The molecule has 6 nitrogen and oxygen atoms in total. The fraction of sp³-hybridized carbons (Fsp3) is 0.333. The summed E-state index contributed by atoms with van der Waals surface area (Å²) in [5.74, 6) is -0.576. The first-order valence-electron chi connectivity index (χ1n) is 5.30. The van der Waals surface area contributed by atoms with E-state index in [0.29, 0.717) is 5.69 Å². The van der Waals surface area contributed by atoms with E-state index in [1.54, 1.807) is 0 Å². The predicted molar refractivity (Wildman–Crippen MR) is 64.4 cm³/mol. The third-order valence-electron chi connectivity index (χ3n) is 2.37. The number of hydrogen-bond acceptors (Lipinski definition) is 6. The number of nitriles is 1. The number of aromatic hydroxyl groups is 1. The minimum atomic E-state index is -0.967. The highest BCUT2D eigenvalue weighted by Gasteiger charge is 2.13. The van der Waals surface area contributed by atoms with Gasteiger partial charge < -0.3 is 20.6 Å². The van der Waals surface area contributed by atoms with Crippen LogP contribution in [0.15, 0.2) is 12.1 Å². The van der Waals surface area contributed by atoms with Gasteiger partial charge in [-0.3, -0.25) is 4.79 Å². The highest BCUT2D eigenvalue weighted by molar-refractivity contribution is 5.97. The maximum absolute atomic E-state index is 11.2. The van der Waals surface area contributed by atoms with Gasteiger partial charge in [-0.25, -0.2) is 0 Å². The van der Waals surface area contributed by atoms with Gasteiger partial charge in [0.05, 0.1) is 29.5 Å². The van der Waals surface area contributed by atoms with E-state index in [0.717, 1.165) is 0 Å². The molecule has 0 saturated carbocycles. The molecule has 0 aliphatic carbocycles. The molecule has 0 radical (unpaired) electrons. The van der Waals surface area contributed by atoms with Gasteiger partial charge in [-0.2, -0.15) is 5.26 Å².